The van der Waals surface area contributed by atoms with Crippen molar-refractivity contribution in [3.63, 3.8) is 0 Å². The molecule has 0 radical (unpaired) electrons. The second-order valence-corrected chi connectivity index (χ2v) is 9.59. The van der Waals surface area contributed by atoms with E-state index in [1.165, 1.54) is 4.90 Å². The molecule has 1 unspecified atom stereocenters. The van der Waals surface area contributed by atoms with E-state index >= 15 is 0 Å². The highest BCUT2D eigenvalue weighted by Crippen LogP contribution is 2.53. The van der Waals surface area contributed by atoms with Crippen LogP contribution in [0.1, 0.15) is 25.7 Å². The van der Waals surface area contributed by atoms with Gasteiger partial charge >= 0.3 is 5.97 Å². The number of hydrogen-bond acceptors (Lipinski definition) is 7. The highest BCUT2D eigenvalue weighted by Gasteiger charge is 2.71. The van der Waals surface area contributed by atoms with E-state index in [1.54, 1.807) is 42.4 Å². The molecule has 192 valence electrons. The van der Waals surface area contributed by atoms with Crippen molar-refractivity contribution in [1.29, 1.82) is 0 Å². The Kier molecular flexibility index (Phi) is 6.85. The molecule has 1 aromatic rings. The van der Waals surface area contributed by atoms with Gasteiger partial charge in [0.1, 0.15) is 23.3 Å². The Bertz CT molecular complexity index is 1070. The molecule has 0 aliphatic carbocycles. The molecular formula is C27H32N2O7. The standard InChI is InChI=1S/C27H32N2O7/c1-34-19-11-9-18(10-12-19)28-14-6-13-27-22(24(31)29(15-7-16-30)23(27)25(28)32)21-20(36-27)8-4-2-3-5-17-35-26(21)33/h4,6,8-13,20-23,30H,2-3,5,7,14-17H2,1H3/b8-4-/t20-,21+,22+,23?,27+/m1/s1. The van der Waals surface area contributed by atoms with Gasteiger partial charge in [-0.3, -0.25) is 14.4 Å². The lowest BCUT2D eigenvalue weighted by Crippen LogP contribution is -2.55. The van der Waals surface area contributed by atoms with Gasteiger partial charge in [-0.2, -0.15) is 0 Å². The molecule has 5 rings (SSSR count). The molecule has 9 heteroatoms. The van der Waals surface area contributed by atoms with Gasteiger partial charge in [0, 0.05) is 25.4 Å². The molecule has 1 aromatic carbocycles. The van der Waals surface area contributed by atoms with Crippen LogP contribution >= 0.6 is 0 Å². The summed E-state index contributed by atoms with van der Waals surface area (Å²) in [5, 5.41) is 9.49. The van der Waals surface area contributed by atoms with Crippen LogP contribution in [0.2, 0.25) is 0 Å². The first-order valence-corrected chi connectivity index (χ1v) is 12.6. The van der Waals surface area contributed by atoms with E-state index in [4.69, 9.17) is 14.2 Å². The number of aliphatic hydroxyl groups is 1. The number of hydrogen-bond donors (Lipinski definition) is 1. The van der Waals surface area contributed by atoms with Crippen molar-refractivity contribution in [2.24, 2.45) is 11.8 Å². The molecule has 1 N–H and O–H groups in total. The van der Waals surface area contributed by atoms with Gasteiger partial charge in [0.05, 0.1) is 25.7 Å². The van der Waals surface area contributed by atoms with Crippen LogP contribution in [0.5, 0.6) is 5.75 Å². The van der Waals surface area contributed by atoms with E-state index in [0.717, 1.165) is 19.3 Å². The molecule has 36 heavy (non-hydrogen) atoms. The maximum absolute atomic E-state index is 14.2. The van der Waals surface area contributed by atoms with Crippen LogP contribution < -0.4 is 9.64 Å². The van der Waals surface area contributed by atoms with Gasteiger partial charge in [-0.25, -0.2) is 0 Å². The molecule has 4 aliphatic heterocycles. The number of benzene rings is 1. The quantitative estimate of drug-likeness (QED) is 0.490. The summed E-state index contributed by atoms with van der Waals surface area (Å²) in [6, 6.07) is 6.18. The van der Waals surface area contributed by atoms with Gasteiger partial charge in [-0.05, 0) is 49.9 Å². The first-order chi connectivity index (χ1) is 17.5. The number of esters is 1. The number of cyclic esters (lactones) is 1. The Morgan fingerprint density at radius 3 is 2.67 bits per heavy atom. The van der Waals surface area contributed by atoms with E-state index in [-0.39, 0.29) is 31.5 Å². The number of anilines is 1. The Morgan fingerprint density at radius 1 is 1.11 bits per heavy atom. The lowest BCUT2D eigenvalue weighted by molar-refractivity contribution is -0.154. The first kappa shape index (κ1) is 24.5. The summed E-state index contributed by atoms with van der Waals surface area (Å²) in [5.74, 6) is -2.15. The van der Waals surface area contributed by atoms with Crippen molar-refractivity contribution in [3.8, 4) is 5.75 Å². The number of carbonyl (C=O) groups is 3. The van der Waals surface area contributed by atoms with Crippen molar-refractivity contribution in [1.82, 2.24) is 4.90 Å². The van der Waals surface area contributed by atoms with Gasteiger partial charge in [0.15, 0.2) is 0 Å². The zero-order valence-corrected chi connectivity index (χ0v) is 20.4. The van der Waals surface area contributed by atoms with Crippen LogP contribution in [0, 0.1) is 11.8 Å². The van der Waals surface area contributed by atoms with E-state index < -0.39 is 35.6 Å². The topological polar surface area (TPSA) is 106 Å². The summed E-state index contributed by atoms with van der Waals surface area (Å²) in [5.41, 5.74) is -0.644. The van der Waals surface area contributed by atoms with Crippen molar-refractivity contribution < 1.29 is 33.7 Å². The van der Waals surface area contributed by atoms with Gasteiger partial charge in [0.2, 0.25) is 5.91 Å². The molecule has 2 amide bonds. The van der Waals surface area contributed by atoms with E-state index in [2.05, 4.69) is 0 Å². The van der Waals surface area contributed by atoms with Crippen molar-refractivity contribution >= 4 is 23.5 Å². The lowest BCUT2D eigenvalue weighted by Gasteiger charge is -2.35. The third-order valence-corrected chi connectivity index (χ3v) is 7.54. The van der Waals surface area contributed by atoms with Crippen LogP contribution in [0.15, 0.2) is 48.6 Å². The summed E-state index contributed by atoms with van der Waals surface area (Å²) < 4.78 is 17.4. The molecule has 1 spiro atoms. The molecular weight excluding hydrogens is 464 g/mol. The van der Waals surface area contributed by atoms with Crippen LogP contribution in [0.25, 0.3) is 0 Å². The summed E-state index contributed by atoms with van der Waals surface area (Å²) >= 11 is 0. The maximum atomic E-state index is 14.2. The zero-order valence-electron chi connectivity index (χ0n) is 20.4. The minimum Gasteiger partial charge on any atom is -0.497 e. The number of nitrogens with zero attached hydrogens (tertiary/aromatic N) is 2. The Labute approximate surface area is 210 Å². The largest absolute Gasteiger partial charge is 0.497 e. The summed E-state index contributed by atoms with van der Waals surface area (Å²) in [6.07, 6.45) is 9.57. The fraction of sp³-hybridized carbons (Fsp3) is 0.519. The van der Waals surface area contributed by atoms with Crippen LogP contribution in [0.3, 0.4) is 0 Å². The maximum Gasteiger partial charge on any atom is 0.312 e. The smallest absolute Gasteiger partial charge is 0.312 e. The Morgan fingerprint density at radius 2 is 1.92 bits per heavy atom. The first-order valence-electron chi connectivity index (χ1n) is 12.6. The molecule has 2 saturated heterocycles. The number of rotatable bonds is 5. The van der Waals surface area contributed by atoms with E-state index in [1.807, 2.05) is 18.2 Å². The summed E-state index contributed by atoms with van der Waals surface area (Å²) in [7, 11) is 1.58. The second-order valence-electron chi connectivity index (χ2n) is 9.59. The Hall–Kier alpha value is -3.17. The molecule has 2 fully saturated rings. The molecule has 9 nitrogen and oxygen atoms in total. The highest BCUT2D eigenvalue weighted by molar-refractivity contribution is 6.05. The average Bonchev–Trinajstić information content (AvgIpc) is 3.27. The van der Waals surface area contributed by atoms with Crippen LogP contribution in [-0.2, 0) is 23.9 Å². The predicted octanol–water partition coefficient (Wildman–Crippen LogP) is 1.84. The van der Waals surface area contributed by atoms with E-state index in [0.29, 0.717) is 24.5 Å². The predicted molar refractivity (Wildman–Crippen MR) is 130 cm³/mol. The van der Waals surface area contributed by atoms with Crippen LogP contribution in [-0.4, -0.2) is 79.0 Å². The molecule has 4 aliphatic rings. The van der Waals surface area contributed by atoms with Gasteiger partial charge in [0.25, 0.3) is 5.91 Å². The second kappa shape index (κ2) is 10.1. The molecule has 0 saturated carbocycles. The summed E-state index contributed by atoms with van der Waals surface area (Å²) in [4.78, 5) is 44.4. The number of carbonyl (C=O) groups excluding carboxylic acids is 3. The van der Waals surface area contributed by atoms with Crippen molar-refractivity contribution in [2.45, 2.75) is 43.4 Å². The highest BCUT2D eigenvalue weighted by atomic mass is 16.6. The number of methoxy groups -OCH3 is 1. The number of fused-ring (bicyclic) bond motifs is 2. The van der Waals surface area contributed by atoms with Crippen molar-refractivity contribution in [2.75, 3.05) is 38.3 Å². The monoisotopic (exact) mass is 496 g/mol. The third-order valence-electron chi connectivity index (χ3n) is 7.54. The minimum atomic E-state index is -1.31. The zero-order chi connectivity index (χ0) is 25.3. The molecule has 0 aromatic heterocycles. The van der Waals surface area contributed by atoms with Gasteiger partial charge in [-0.1, -0.05) is 24.3 Å². The minimum absolute atomic E-state index is 0.127. The fourth-order valence-electron chi connectivity index (χ4n) is 5.89. The third kappa shape index (κ3) is 4.00. The molecule has 4 heterocycles. The number of ether oxygens (including phenoxy) is 3. The fourth-order valence-corrected chi connectivity index (χ4v) is 5.89. The lowest BCUT2D eigenvalue weighted by atomic mass is 9.78. The number of allylic oxidation sites excluding steroid dienone is 1. The average molecular weight is 497 g/mol. The summed E-state index contributed by atoms with van der Waals surface area (Å²) in [6.45, 7) is 0.636. The van der Waals surface area contributed by atoms with Crippen molar-refractivity contribution in [3.05, 3.63) is 48.6 Å². The van der Waals surface area contributed by atoms with Gasteiger partial charge in [-0.15, -0.1) is 0 Å². The van der Waals surface area contributed by atoms with Gasteiger partial charge < -0.3 is 29.1 Å². The number of likely N-dealkylation sites (tertiary alicyclic amines) is 1. The molecule has 0 bridgehead atoms. The van der Waals surface area contributed by atoms with Crippen LogP contribution in [0.4, 0.5) is 5.69 Å². The normalized spacial score (nSPS) is 32.9. The SMILES string of the molecule is COc1ccc(N2CC=C[C@]34O[C@@H]5/C=C\CCCCOC(=O)[C@@H]5[C@H]3C(=O)N(CCCO)C4C2=O)cc1. The number of amides is 2. The molecule has 5 atom stereocenters. The van der Waals surface area contributed by atoms with E-state index in [9.17, 15) is 19.5 Å². The Balaban J connectivity index is 1.57. The number of aliphatic hydroxyl groups excluding tert-OH is 1.